The Kier molecular flexibility index (Phi) is 7.69. The Morgan fingerprint density at radius 1 is 1.20 bits per heavy atom. The van der Waals surface area contributed by atoms with Crippen molar-refractivity contribution in [2.75, 3.05) is 17.7 Å². The van der Waals surface area contributed by atoms with E-state index in [1.165, 1.54) is 36.8 Å². The second kappa shape index (κ2) is 10.7. The molecule has 0 unspecified atom stereocenters. The summed E-state index contributed by atoms with van der Waals surface area (Å²) in [6.07, 6.45) is 1.40. The van der Waals surface area contributed by atoms with Crippen LogP contribution in [0, 0.1) is 17.0 Å². The summed E-state index contributed by atoms with van der Waals surface area (Å²) in [4.78, 5) is 53.5. The largest absolute Gasteiger partial charge is 0.496 e. The molecular formula is C24H27N5O6. The van der Waals surface area contributed by atoms with Gasteiger partial charge in [-0.25, -0.2) is 4.79 Å². The summed E-state index contributed by atoms with van der Waals surface area (Å²) in [6.45, 7) is 3.51. The van der Waals surface area contributed by atoms with E-state index >= 15 is 0 Å². The van der Waals surface area contributed by atoms with Crippen molar-refractivity contribution in [2.24, 2.45) is 0 Å². The van der Waals surface area contributed by atoms with Crippen LogP contribution in [0.4, 0.5) is 17.2 Å². The zero-order chi connectivity index (χ0) is 25.7. The maximum atomic E-state index is 13.8. The fraction of sp³-hybridized carbons (Fsp3) is 0.292. The fourth-order valence-electron chi connectivity index (χ4n) is 3.83. The highest BCUT2D eigenvalue weighted by Crippen LogP contribution is 2.29. The third-order valence-electron chi connectivity index (χ3n) is 5.72. The maximum Gasteiger partial charge on any atom is 0.330 e. The number of nitro groups is 1. The molecule has 11 nitrogen and oxygen atoms in total. The monoisotopic (exact) mass is 481 g/mol. The van der Waals surface area contributed by atoms with Gasteiger partial charge in [-0.05, 0) is 25.5 Å². The number of aromatic amines is 1. The Labute approximate surface area is 200 Å². The third kappa shape index (κ3) is 5.08. The topological polar surface area (TPSA) is 154 Å². The van der Waals surface area contributed by atoms with Gasteiger partial charge < -0.3 is 10.5 Å². The number of para-hydroxylation sites is 1. The summed E-state index contributed by atoms with van der Waals surface area (Å²) in [6, 6.07) is 11.1. The minimum Gasteiger partial charge on any atom is -0.496 e. The Morgan fingerprint density at radius 3 is 2.57 bits per heavy atom. The Bertz CT molecular complexity index is 1380. The molecule has 2 aromatic carbocycles. The van der Waals surface area contributed by atoms with Crippen LogP contribution in [0.1, 0.15) is 41.3 Å². The lowest BCUT2D eigenvalue weighted by Crippen LogP contribution is -2.41. The van der Waals surface area contributed by atoms with E-state index < -0.39 is 22.1 Å². The van der Waals surface area contributed by atoms with E-state index in [-0.39, 0.29) is 41.4 Å². The number of aromatic nitrogens is 2. The molecule has 1 aromatic heterocycles. The van der Waals surface area contributed by atoms with E-state index in [4.69, 9.17) is 10.5 Å². The van der Waals surface area contributed by atoms with Crippen LogP contribution in [0.5, 0.6) is 5.75 Å². The molecule has 0 radical (unpaired) electrons. The number of carbonyl (C=O) groups excluding carboxylic acids is 1. The highest BCUT2D eigenvalue weighted by Gasteiger charge is 2.29. The van der Waals surface area contributed by atoms with Gasteiger partial charge in [-0.15, -0.1) is 0 Å². The molecule has 0 aliphatic heterocycles. The van der Waals surface area contributed by atoms with Crippen molar-refractivity contribution in [1.82, 2.24) is 9.55 Å². The molecule has 0 spiro atoms. The van der Waals surface area contributed by atoms with E-state index in [1.54, 1.807) is 24.3 Å². The normalized spacial score (nSPS) is 10.7. The van der Waals surface area contributed by atoms with Gasteiger partial charge in [-0.1, -0.05) is 37.6 Å². The molecule has 35 heavy (non-hydrogen) atoms. The second-order valence-corrected chi connectivity index (χ2v) is 7.91. The van der Waals surface area contributed by atoms with Crippen molar-refractivity contribution in [2.45, 2.75) is 39.8 Å². The second-order valence-electron chi connectivity index (χ2n) is 7.91. The molecule has 3 N–H and O–H groups in total. The minimum atomic E-state index is -0.841. The van der Waals surface area contributed by atoms with Gasteiger partial charge in [0, 0.05) is 29.3 Å². The fourth-order valence-corrected chi connectivity index (χ4v) is 3.83. The number of hydrogen-bond donors (Lipinski definition) is 2. The molecule has 1 heterocycles. The van der Waals surface area contributed by atoms with Crippen molar-refractivity contribution in [1.29, 1.82) is 0 Å². The van der Waals surface area contributed by atoms with E-state index in [2.05, 4.69) is 4.98 Å². The van der Waals surface area contributed by atoms with Gasteiger partial charge in [-0.2, -0.15) is 0 Å². The molecule has 0 bridgehead atoms. The third-order valence-corrected chi connectivity index (χ3v) is 5.72. The summed E-state index contributed by atoms with van der Waals surface area (Å²) < 4.78 is 6.61. The first-order valence-electron chi connectivity index (χ1n) is 11.0. The number of amides is 1. The van der Waals surface area contributed by atoms with Crippen LogP contribution in [0.25, 0.3) is 0 Å². The SMILES string of the molecule is CCCCn1c(N)c(N(Cc2ccccc2OC)C(=O)c2cccc([N+](=O)[O-])c2C)c(=O)[nH]c1=O. The van der Waals surface area contributed by atoms with E-state index in [1.807, 2.05) is 6.92 Å². The summed E-state index contributed by atoms with van der Waals surface area (Å²) in [7, 11) is 1.47. The average Bonchev–Trinajstić information content (AvgIpc) is 2.83. The summed E-state index contributed by atoms with van der Waals surface area (Å²) in [5, 5.41) is 11.5. The van der Waals surface area contributed by atoms with Gasteiger partial charge in [-0.3, -0.25) is 34.2 Å². The Balaban J connectivity index is 2.26. The van der Waals surface area contributed by atoms with Crippen LogP contribution in [0.3, 0.4) is 0 Å². The van der Waals surface area contributed by atoms with Crippen molar-refractivity contribution in [3.8, 4) is 5.75 Å². The van der Waals surface area contributed by atoms with E-state index in [0.29, 0.717) is 17.7 Å². The molecule has 3 aromatic rings. The van der Waals surface area contributed by atoms with Gasteiger partial charge in [0.15, 0.2) is 5.69 Å². The highest BCUT2D eigenvalue weighted by molar-refractivity contribution is 6.08. The number of nitrogens with one attached hydrogen (secondary N) is 1. The number of anilines is 2. The van der Waals surface area contributed by atoms with Crippen LogP contribution < -0.4 is 26.6 Å². The van der Waals surface area contributed by atoms with E-state index in [9.17, 15) is 24.5 Å². The maximum absolute atomic E-state index is 13.8. The van der Waals surface area contributed by atoms with Crippen LogP contribution in [-0.4, -0.2) is 27.5 Å². The number of methoxy groups -OCH3 is 1. The first kappa shape index (κ1) is 25.2. The number of nitrogen functional groups attached to an aromatic ring is 1. The first-order valence-corrected chi connectivity index (χ1v) is 11.0. The van der Waals surface area contributed by atoms with Crippen molar-refractivity contribution in [3.05, 3.63) is 90.1 Å². The molecule has 11 heteroatoms. The predicted molar refractivity (Wildman–Crippen MR) is 132 cm³/mol. The van der Waals surface area contributed by atoms with Crippen LogP contribution in [-0.2, 0) is 13.1 Å². The van der Waals surface area contributed by atoms with Gasteiger partial charge in [0.25, 0.3) is 17.2 Å². The lowest BCUT2D eigenvalue weighted by molar-refractivity contribution is -0.385. The molecule has 3 rings (SSSR count). The van der Waals surface area contributed by atoms with Crippen molar-refractivity contribution in [3.63, 3.8) is 0 Å². The quantitative estimate of drug-likeness (QED) is 0.352. The molecule has 0 aliphatic rings. The molecule has 0 atom stereocenters. The number of nitrogens with two attached hydrogens (primary N) is 1. The number of nitro benzene ring substituents is 1. The van der Waals surface area contributed by atoms with Crippen molar-refractivity contribution >= 4 is 23.1 Å². The van der Waals surface area contributed by atoms with Crippen LogP contribution >= 0.6 is 0 Å². The summed E-state index contributed by atoms with van der Waals surface area (Å²) in [5.41, 5.74) is 5.05. The predicted octanol–water partition coefficient (Wildman–Crippen LogP) is 2.99. The molecule has 1 amide bonds. The minimum absolute atomic E-state index is 0.0270. The lowest BCUT2D eigenvalue weighted by atomic mass is 10.0. The standard InChI is InChI=1S/C24H27N5O6/c1-4-5-13-27-21(25)20(22(30)26-24(27)32)28(14-16-9-6-7-12-19(16)35-3)23(31)17-10-8-11-18(15(17)2)29(33)34/h6-12H,4-5,13-14,25H2,1-3H3,(H,26,30,32). The van der Waals surface area contributed by atoms with Gasteiger partial charge in [0.1, 0.15) is 11.6 Å². The molecule has 0 aliphatic carbocycles. The lowest BCUT2D eigenvalue weighted by Gasteiger charge is -2.26. The van der Waals surface area contributed by atoms with Gasteiger partial charge in [0.2, 0.25) is 0 Å². The highest BCUT2D eigenvalue weighted by atomic mass is 16.6. The number of carbonyl (C=O) groups is 1. The molecule has 184 valence electrons. The number of benzene rings is 2. The Hall–Kier alpha value is -4.41. The van der Waals surface area contributed by atoms with Crippen LogP contribution in [0.2, 0.25) is 0 Å². The van der Waals surface area contributed by atoms with Crippen LogP contribution in [0.15, 0.2) is 52.1 Å². The Morgan fingerprint density at radius 2 is 1.91 bits per heavy atom. The van der Waals surface area contributed by atoms with Crippen molar-refractivity contribution < 1.29 is 14.5 Å². The molecule has 0 fully saturated rings. The smallest absolute Gasteiger partial charge is 0.330 e. The number of hydrogen-bond acceptors (Lipinski definition) is 7. The number of unbranched alkanes of at least 4 members (excludes halogenated alkanes) is 1. The number of nitrogens with zero attached hydrogens (tertiary/aromatic N) is 3. The first-order chi connectivity index (χ1) is 16.7. The molecule has 0 saturated heterocycles. The number of H-pyrrole nitrogens is 1. The van der Waals surface area contributed by atoms with Gasteiger partial charge >= 0.3 is 5.69 Å². The zero-order valence-corrected chi connectivity index (χ0v) is 19.7. The summed E-state index contributed by atoms with van der Waals surface area (Å²) in [5.74, 6) is -0.385. The zero-order valence-electron chi connectivity index (χ0n) is 19.7. The summed E-state index contributed by atoms with van der Waals surface area (Å²) >= 11 is 0. The van der Waals surface area contributed by atoms with Gasteiger partial charge in [0.05, 0.1) is 18.6 Å². The number of ether oxygens (including phenoxy) is 1. The molecular weight excluding hydrogens is 454 g/mol. The average molecular weight is 482 g/mol. The molecule has 0 saturated carbocycles. The number of rotatable bonds is 9. The van der Waals surface area contributed by atoms with E-state index in [0.717, 1.165) is 11.3 Å².